The van der Waals surface area contributed by atoms with E-state index in [1.165, 1.54) is 12.1 Å². The second kappa shape index (κ2) is 7.81. The van der Waals surface area contributed by atoms with Gasteiger partial charge in [0.1, 0.15) is 11.6 Å². The van der Waals surface area contributed by atoms with Crippen LogP contribution < -0.4 is 9.64 Å². The first-order valence-corrected chi connectivity index (χ1v) is 8.00. The molecule has 2 aromatic carbocycles. The number of rotatable bonds is 7. The minimum absolute atomic E-state index is 0.0245. The van der Waals surface area contributed by atoms with Crippen molar-refractivity contribution >= 4 is 5.69 Å². The number of anilines is 1. The maximum Gasteiger partial charge on any atom is 0.142 e. The molecule has 1 N–H and O–H groups in total. The van der Waals surface area contributed by atoms with Gasteiger partial charge in [0.2, 0.25) is 0 Å². The molecule has 0 amide bonds. The average molecular weight is 341 g/mol. The van der Waals surface area contributed by atoms with E-state index in [1.807, 2.05) is 41.4 Å². The molecule has 5 nitrogen and oxygen atoms in total. The van der Waals surface area contributed by atoms with Crippen LogP contribution in [0, 0.1) is 5.82 Å². The first-order valence-electron chi connectivity index (χ1n) is 8.00. The SMILES string of the molecule is COc1ccccc1N(CCO)Cc1ccn(-c2ccc(F)cc2)n1. The smallest absolute Gasteiger partial charge is 0.142 e. The first kappa shape index (κ1) is 17.0. The molecule has 1 heterocycles. The van der Waals surface area contributed by atoms with Crippen molar-refractivity contribution in [2.24, 2.45) is 0 Å². The summed E-state index contributed by atoms with van der Waals surface area (Å²) in [5.74, 6) is 0.468. The van der Waals surface area contributed by atoms with E-state index in [4.69, 9.17) is 4.74 Å². The predicted octanol–water partition coefficient (Wildman–Crippen LogP) is 3.02. The molecule has 3 rings (SSSR count). The van der Waals surface area contributed by atoms with Gasteiger partial charge < -0.3 is 14.7 Å². The quantitative estimate of drug-likeness (QED) is 0.718. The van der Waals surface area contributed by atoms with Crippen molar-refractivity contribution in [2.75, 3.05) is 25.2 Å². The van der Waals surface area contributed by atoms with Crippen LogP contribution >= 0.6 is 0 Å². The molecule has 0 atom stereocenters. The third kappa shape index (κ3) is 3.97. The van der Waals surface area contributed by atoms with Crippen LogP contribution in [0.1, 0.15) is 5.69 Å². The highest BCUT2D eigenvalue weighted by Gasteiger charge is 2.13. The van der Waals surface area contributed by atoms with E-state index >= 15 is 0 Å². The Morgan fingerprint density at radius 1 is 1.12 bits per heavy atom. The van der Waals surface area contributed by atoms with Crippen LogP contribution in [0.4, 0.5) is 10.1 Å². The largest absolute Gasteiger partial charge is 0.495 e. The van der Waals surface area contributed by atoms with E-state index in [1.54, 1.807) is 23.9 Å². The highest BCUT2D eigenvalue weighted by Crippen LogP contribution is 2.28. The van der Waals surface area contributed by atoms with Crippen LogP contribution in [0.2, 0.25) is 0 Å². The Kier molecular flexibility index (Phi) is 5.30. The average Bonchev–Trinajstić information content (AvgIpc) is 3.10. The number of methoxy groups -OCH3 is 1. The van der Waals surface area contributed by atoms with Crippen molar-refractivity contribution < 1.29 is 14.2 Å². The fraction of sp³-hybridized carbons (Fsp3) is 0.211. The monoisotopic (exact) mass is 341 g/mol. The van der Waals surface area contributed by atoms with Crippen molar-refractivity contribution in [1.29, 1.82) is 0 Å². The topological polar surface area (TPSA) is 50.5 Å². The molecule has 0 aliphatic heterocycles. The minimum atomic E-state index is -0.276. The molecule has 25 heavy (non-hydrogen) atoms. The number of ether oxygens (including phenoxy) is 1. The van der Waals surface area contributed by atoms with Crippen molar-refractivity contribution in [2.45, 2.75) is 6.54 Å². The van der Waals surface area contributed by atoms with Crippen LogP contribution in [0.15, 0.2) is 60.8 Å². The van der Waals surface area contributed by atoms with Crippen LogP contribution in [-0.2, 0) is 6.54 Å². The Balaban J connectivity index is 1.82. The summed E-state index contributed by atoms with van der Waals surface area (Å²) in [6.45, 7) is 1.01. The van der Waals surface area contributed by atoms with Gasteiger partial charge in [0.15, 0.2) is 0 Å². The van der Waals surface area contributed by atoms with Gasteiger partial charge in [0, 0.05) is 12.7 Å². The summed E-state index contributed by atoms with van der Waals surface area (Å²) in [6.07, 6.45) is 1.84. The summed E-state index contributed by atoms with van der Waals surface area (Å²) in [6, 6.07) is 15.7. The molecular weight excluding hydrogens is 321 g/mol. The number of aliphatic hydroxyl groups excluding tert-OH is 1. The molecule has 0 unspecified atom stereocenters. The zero-order chi connectivity index (χ0) is 17.6. The molecule has 0 aliphatic rings. The first-order chi connectivity index (χ1) is 12.2. The molecule has 1 aromatic heterocycles. The van der Waals surface area contributed by atoms with Gasteiger partial charge >= 0.3 is 0 Å². The van der Waals surface area contributed by atoms with Crippen LogP contribution in [0.25, 0.3) is 5.69 Å². The van der Waals surface area contributed by atoms with E-state index < -0.39 is 0 Å². The van der Waals surface area contributed by atoms with Gasteiger partial charge in [-0.15, -0.1) is 0 Å². The van der Waals surface area contributed by atoms with Gasteiger partial charge in [0.05, 0.1) is 37.3 Å². The number of nitrogens with zero attached hydrogens (tertiary/aromatic N) is 3. The Morgan fingerprint density at radius 3 is 2.60 bits per heavy atom. The lowest BCUT2D eigenvalue weighted by Gasteiger charge is -2.24. The normalized spacial score (nSPS) is 10.7. The standard InChI is InChI=1S/C19H20FN3O2/c1-25-19-5-3-2-4-18(19)22(12-13-24)14-16-10-11-23(21-16)17-8-6-15(20)7-9-17/h2-11,24H,12-14H2,1H3. The maximum atomic E-state index is 13.1. The molecule has 0 spiro atoms. The number of para-hydroxylation sites is 2. The summed E-state index contributed by atoms with van der Waals surface area (Å²) >= 11 is 0. The number of hydrogen-bond acceptors (Lipinski definition) is 4. The molecular formula is C19H20FN3O2. The van der Waals surface area contributed by atoms with Gasteiger partial charge in [-0.25, -0.2) is 9.07 Å². The molecule has 0 saturated heterocycles. The van der Waals surface area contributed by atoms with Gasteiger partial charge in [-0.1, -0.05) is 12.1 Å². The van der Waals surface area contributed by atoms with Crippen LogP contribution in [-0.4, -0.2) is 35.1 Å². The summed E-state index contributed by atoms with van der Waals surface area (Å²) < 4.78 is 20.2. The van der Waals surface area contributed by atoms with Gasteiger partial charge in [-0.3, -0.25) is 0 Å². The van der Waals surface area contributed by atoms with Crippen molar-refractivity contribution in [3.05, 3.63) is 72.3 Å². The van der Waals surface area contributed by atoms with E-state index in [0.29, 0.717) is 13.1 Å². The summed E-state index contributed by atoms with van der Waals surface area (Å²) in [7, 11) is 1.62. The van der Waals surface area contributed by atoms with Gasteiger partial charge in [-0.2, -0.15) is 5.10 Å². The zero-order valence-electron chi connectivity index (χ0n) is 14.0. The molecule has 0 saturated carbocycles. The number of benzene rings is 2. The number of halogens is 1. The van der Waals surface area contributed by atoms with E-state index in [0.717, 1.165) is 22.8 Å². The van der Waals surface area contributed by atoms with Crippen molar-refractivity contribution in [1.82, 2.24) is 9.78 Å². The summed E-state index contributed by atoms with van der Waals surface area (Å²) in [4.78, 5) is 2.01. The minimum Gasteiger partial charge on any atom is -0.495 e. The Hall–Kier alpha value is -2.86. The predicted molar refractivity (Wildman–Crippen MR) is 94.7 cm³/mol. The van der Waals surface area contributed by atoms with E-state index in [-0.39, 0.29) is 12.4 Å². The third-order valence-corrected chi connectivity index (χ3v) is 3.88. The number of hydrogen-bond donors (Lipinski definition) is 1. The lowest BCUT2D eigenvalue weighted by atomic mass is 10.2. The fourth-order valence-electron chi connectivity index (χ4n) is 2.68. The maximum absolute atomic E-state index is 13.1. The molecule has 0 radical (unpaired) electrons. The molecule has 6 heteroatoms. The Labute approximate surface area is 145 Å². The highest BCUT2D eigenvalue weighted by molar-refractivity contribution is 5.58. The number of aliphatic hydroxyl groups is 1. The Bertz CT molecular complexity index is 818. The second-order valence-electron chi connectivity index (χ2n) is 5.55. The lowest BCUT2D eigenvalue weighted by molar-refractivity contribution is 0.300. The third-order valence-electron chi connectivity index (χ3n) is 3.88. The van der Waals surface area contributed by atoms with Gasteiger partial charge in [0.25, 0.3) is 0 Å². The summed E-state index contributed by atoms with van der Waals surface area (Å²) in [5.41, 5.74) is 2.53. The van der Waals surface area contributed by atoms with E-state index in [2.05, 4.69) is 5.10 Å². The van der Waals surface area contributed by atoms with Gasteiger partial charge in [-0.05, 0) is 42.5 Å². The lowest BCUT2D eigenvalue weighted by Crippen LogP contribution is -2.26. The zero-order valence-corrected chi connectivity index (χ0v) is 14.0. The van der Waals surface area contributed by atoms with Crippen LogP contribution in [0.3, 0.4) is 0 Å². The van der Waals surface area contributed by atoms with Crippen LogP contribution in [0.5, 0.6) is 5.75 Å². The molecule has 0 aliphatic carbocycles. The number of aromatic nitrogens is 2. The molecule has 0 fully saturated rings. The second-order valence-corrected chi connectivity index (χ2v) is 5.55. The summed E-state index contributed by atoms with van der Waals surface area (Å²) in [5, 5.41) is 13.9. The highest BCUT2D eigenvalue weighted by atomic mass is 19.1. The molecule has 3 aromatic rings. The fourth-order valence-corrected chi connectivity index (χ4v) is 2.68. The molecule has 130 valence electrons. The van der Waals surface area contributed by atoms with E-state index in [9.17, 15) is 9.50 Å². The van der Waals surface area contributed by atoms with Crippen molar-refractivity contribution in [3.63, 3.8) is 0 Å². The van der Waals surface area contributed by atoms with Crippen molar-refractivity contribution in [3.8, 4) is 11.4 Å². The Morgan fingerprint density at radius 2 is 1.88 bits per heavy atom. The molecule has 0 bridgehead atoms.